The van der Waals surface area contributed by atoms with Crippen LogP contribution in [0.25, 0.3) is 0 Å². The van der Waals surface area contributed by atoms with Gasteiger partial charge in [0.25, 0.3) is 5.91 Å². The zero-order valence-corrected chi connectivity index (χ0v) is 20.8. The van der Waals surface area contributed by atoms with E-state index in [1.807, 2.05) is 31.2 Å². The van der Waals surface area contributed by atoms with Crippen molar-refractivity contribution < 1.29 is 4.79 Å². The molecule has 2 aromatic carbocycles. The smallest absolute Gasteiger partial charge is 0.253 e. The van der Waals surface area contributed by atoms with Crippen molar-refractivity contribution in [2.75, 3.05) is 5.32 Å². The quantitative estimate of drug-likeness (QED) is 0.158. The molecule has 0 spiro atoms. The van der Waals surface area contributed by atoms with Crippen LogP contribution in [0.1, 0.15) is 54.1 Å². The third-order valence-corrected chi connectivity index (χ3v) is 5.67. The molecule has 0 saturated carbocycles. The van der Waals surface area contributed by atoms with E-state index in [0.29, 0.717) is 5.56 Å². The number of aryl methyl sites for hydroxylation is 2. The fourth-order valence-corrected chi connectivity index (χ4v) is 3.61. The third kappa shape index (κ3) is 8.85. The molecule has 8 heteroatoms. The van der Waals surface area contributed by atoms with Crippen molar-refractivity contribution >= 4 is 63.7 Å². The van der Waals surface area contributed by atoms with E-state index in [9.17, 15) is 4.79 Å². The Hall–Kier alpha value is -1.53. The molecule has 0 aliphatic heterocycles. The van der Waals surface area contributed by atoms with Crippen molar-refractivity contribution in [3.05, 3.63) is 65.2 Å². The highest BCUT2D eigenvalue weighted by atomic mass is 35.6. The van der Waals surface area contributed by atoms with Gasteiger partial charge in [0.15, 0.2) is 5.11 Å². The van der Waals surface area contributed by atoms with E-state index in [0.717, 1.165) is 17.7 Å². The predicted molar refractivity (Wildman–Crippen MR) is 136 cm³/mol. The minimum absolute atomic E-state index is 0.233. The molecule has 0 saturated heterocycles. The van der Waals surface area contributed by atoms with E-state index in [1.165, 1.54) is 31.2 Å². The van der Waals surface area contributed by atoms with Crippen LogP contribution >= 0.6 is 47.0 Å². The number of anilines is 1. The van der Waals surface area contributed by atoms with Crippen LogP contribution < -0.4 is 16.0 Å². The van der Waals surface area contributed by atoms with Gasteiger partial charge in [0.1, 0.15) is 6.17 Å². The summed E-state index contributed by atoms with van der Waals surface area (Å²) in [7, 11) is 0. The van der Waals surface area contributed by atoms with Gasteiger partial charge in [0, 0.05) is 11.3 Å². The molecule has 31 heavy (non-hydrogen) atoms. The maximum absolute atomic E-state index is 12.6. The van der Waals surface area contributed by atoms with Crippen LogP contribution in [-0.4, -0.2) is 21.0 Å². The van der Waals surface area contributed by atoms with E-state index >= 15 is 0 Å². The SMILES string of the molecule is CCCCCCc1ccc(NC(=S)N[C@@H](NC(=O)c2ccccc2C)C(Cl)(Cl)Cl)cc1. The molecule has 0 bridgehead atoms. The average Bonchev–Trinajstić information content (AvgIpc) is 2.71. The topological polar surface area (TPSA) is 53.2 Å². The summed E-state index contributed by atoms with van der Waals surface area (Å²) in [6, 6.07) is 15.2. The number of hydrogen-bond acceptors (Lipinski definition) is 2. The van der Waals surface area contributed by atoms with Gasteiger partial charge in [-0.15, -0.1) is 0 Å². The maximum Gasteiger partial charge on any atom is 0.253 e. The summed E-state index contributed by atoms with van der Waals surface area (Å²) < 4.78 is -1.81. The van der Waals surface area contributed by atoms with Gasteiger partial charge in [-0.3, -0.25) is 4.79 Å². The van der Waals surface area contributed by atoms with Crippen LogP contribution in [0.3, 0.4) is 0 Å². The molecule has 0 radical (unpaired) electrons. The van der Waals surface area contributed by atoms with E-state index < -0.39 is 9.96 Å². The predicted octanol–water partition coefficient (Wildman–Crippen LogP) is 6.53. The first-order valence-corrected chi connectivity index (χ1v) is 11.8. The molecule has 1 atom stereocenters. The summed E-state index contributed by atoms with van der Waals surface area (Å²) in [4.78, 5) is 12.6. The third-order valence-electron chi connectivity index (χ3n) is 4.80. The number of rotatable bonds is 9. The lowest BCUT2D eigenvalue weighted by molar-refractivity contribution is 0.0934. The number of halogens is 3. The number of benzene rings is 2. The van der Waals surface area contributed by atoms with Crippen molar-refractivity contribution in [1.29, 1.82) is 0 Å². The van der Waals surface area contributed by atoms with Crippen LogP contribution in [0.5, 0.6) is 0 Å². The zero-order valence-electron chi connectivity index (χ0n) is 17.7. The number of hydrogen-bond donors (Lipinski definition) is 3. The number of amides is 1. The lowest BCUT2D eigenvalue weighted by Gasteiger charge is -2.28. The summed E-state index contributed by atoms with van der Waals surface area (Å²) in [6.45, 7) is 4.05. The molecule has 4 nitrogen and oxygen atoms in total. The average molecular weight is 501 g/mol. The standard InChI is InChI=1S/C23H28Cl3N3OS/c1-3-4-5-6-10-17-12-14-18(15-13-17)27-22(31)29-21(23(24,25)26)28-20(30)19-11-8-7-9-16(19)2/h7-9,11-15,21H,3-6,10H2,1-2H3,(H,28,30)(H2,27,29,31)/t21-/m1/s1. The summed E-state index contributed by atoms with van der Waals surface area (Å²) >= 11 is 23.6. The number of thiocarbonyl (C=S) groups is 1. The highest BCUT2D eigenvalue weighted by Crippen LogP contribution is 2.29. The van der Waals surface area contributed by atoms with Crippen molar-refractivity contribution in [2.24, 2.45) is 0 Å². The van der Waals surface area contributed by atoms with Crippen molar-refractivity contribution in [1.82, 2.24) is 10.6 Å². The minimum Gasteiger partial charge on any atom is -0.339 e. The first-order chi connectivity index (χ1) is 14.7. The van der Waals surface area contributed by atoms with E-state index in [2.05, 4.69) is 35.0 Å². The normalized spacial score (nSPS) is 12.2. The zero-order chi connectivity index (χ0) is 22.9. The summed E-state index contributed by atoms with van der Waals surface area (Å²) in [5.74, 6) is -0.364. The number of alkyl halides is 3. The summed E-state index contributed by atoms with van der Waals surface area (Å²) in [5.41, 5.74) is 3.41. The van der Waals surface area contributed by atoms with E-state index in [4.69, 9.17) is 47.0 Å². The molecular weight excluding hydrogens is 473 g/mol. The number of carbonyl (C=O) groups excluding carboxylic acids is 1. The molecule has 2 rings (SSSR count). The van der Waals surface area contributed by atoms with Gasteiger partial charge in [0.05, 0.1) is 0 Å². The molecule has 0 aliphatic rings. The van der Waals surface area contributed by atoms with Gasteiger partial charge in [-0.1, -0.05) is 91.3 Å². The number of carbonyl (C=O) groups is 1. The highest BCUT2D eigenvalue weighted by Gasteiger charge is 2.35. The van der Waals surface area contributed by atoms with Crippen LogP contribution in [0.4, 0.5) is 5.69 Å². The Kier molecular flexibility index (Phi) is 10.4. The van der Waals surface area contributed by atoms with Crippen molar-refractivity contribution in [3.8, 4) is 0 Å². The van der Waals surface area contributed by atoms with Crippen molar-refractivity contribution in [3.63, 3.8) is 0 Å². The Labute approximate surface area is 205 Å². The molecule has 0 unspecified atom stereocenters. The van der Waals surface area contributed by atoms with Gasteiger partial charge in [0.2, 0.25) is 3.79 Å². The van der Waals surface area contributed by atoms with Gasteiger partial charge < -0.3 is 16.0 Å². The van der Waals surface area contributed by atoms with E-state index in [-0.39, 0.29) is 11.0 Å². The number of nitrogens with one attached hydrogen (secondary N) is 3. The summed E-state index contributed by atoms with van der Waals surface area (Å²) in [6.07, 6.45) is 4.97. The Balaban J connectivity index is 1.95. The molecule has 168 valence electrons. The maximum atomic E-state index is 12.6. The lowest BCUT2D eigenvalue weighted by atomic mass is 10.1. The second-order valence-corrected chi connectivity index (χ2v) is 10.1. The Morgan fingerprint density at radius 3 is 2.29 bits per heavy atom. The highest BCUT2D eigenvalue weighted by molar-refractivity contribution is 7.80. The van der Waals surface area contributed by atoms with Crippen molar-refractivity contribution in [2.45, 2.75) is 55.9 Å². The molecule has 0 heterocycles. The van der Waals surface area contributed by atoms with Gasteiger partial charge in [-0.2, -0.15) is 0 Å². The second-order valence-electron chi connectivity index (χ2n) is 7.37. The van der Waals surface area contributed by atoms with Gasteiger partial charge in [-0.25, -0.2) is 0 Å². The van der Waals surface area contributed by atoms with E-state index in [1.54, 1.807) is 12.1 Å². The lowest BCUT2D eigenvalue weighted by Crippen LogP contribution is -2.56. The Bertz CT molecular complexity index is 869. The van der Waals surface area contributed by atoms with Crippen LogP contribution in [-0.2, 0) is 6.42 Å². The minimum atomic E-state index is -1.81. The second kappa shape index (κ2) is 12.5. The number of unbranched alkanes of at least 4 members (excludes halogenated alkanes) is 3. The molecular formula is C23H28Cl3N3OS. The monoisotopic (exact) mass is 499 g/mol. The Morgan fingerprint density at radius 2 is 1.68 bits per heavy atom. The molecule has 3 N–H and O–H groups in total. The van der Waals surface area contributed by atoms with Gasteiger partial charge >= 0.3 is 0 Å². The molecule has 2 aromatic rings. The van der Waals surface area contributed by atoms with Gasteiger partial charge in [-0.05, 0) is 61.3 Å². The van der Waals surface area contributed by atoms with Crippen LogP contribution in [0.2, 0.25) is 0 Å². The van der Waals surface area contributed by atoms with Crippen LogP contribution in [0.15, 0.2) is 48.5 Å². The molecule has 0 aromatic heterocycles. The van der Waals surface area contributed by atoms with Crippen LogP contribution in [0, 0.1) is 6.92 Å². The molecule has 0 fully saturated rings. The molecule has 0 aliphatic carbocycles. The Morgan fingerprint density at radius 1 is 1.00 bits per heavy atom. The largest absolute Gasteiger partial charge is 0.339 e. The first kappa shape index (κ1) is 25.7. The molecule has 1 amide bonds. The fraction of sp³-hybridized carbons (Fsp3) is 0.391. The first-order valence-electron chi connectivity index (χ1n) is 10.3. The summed E-state index contributed by atoms with van der Waals surface area (Å²) in [5, 5.41) is 8.88. The fourth-order valence-electron chi connectivity index (χ4n) is 3.05.